The van der Waals surface area contributed by atoms with Gasteiger partial charge in [0.25, 0.3) is 5.91 Å². The van der Waals surface area contributed by atoms with Crippen LogP contribution in [0.3, 0.4) is 0 Å². The predicted molar refractivity (Wildman–Crippen MR) is 146 cm³/mol. The summed E-state index contributed by atoms with van der Waals surface area (Å²) in [6.45, 7) is 4.19. The summed E-state index contributed by atoms with van der Waals surface area (Å²) in [5, 5.41) is 3.86. The number of nitrogens with one attached hydrogen (secondary N) is 1. The summed E-state index contributed by atoms with van der Waals surface area (Å²) in [4.78, 5) is 35.3. The third-order valence-electron chi connectivity index (χ3n) is 7.17. The van der Waals surface area contributed by atoms with E-state index in [1.807, 2.05) is 47.4 Å². The maximum atomic E-state index is 13.9. The van der Waals surface area contributed by atoms with Gasteiger partial charge in [-0.15, -0.1) is 0 Å². The van der Waals surface area contributed by atoms with Crippen LogP contribution in [0, 0.1) is 0 Å². The van der Waals surface area contributed by atoms with Gasteiger partial charge < -0.3 is 15.0 Å². The largest absolute Gasteiger partial charge is 0.385 e. The van der Waals surface area contributed by atoms with Gasteiger partial charge in [-0.25, -0.2) is 4.98 Å². The number of carbonyl (C=O) groups excluding carboxylic acids is 2. The molecule has 7 nitrogen and oxygen atoms in total. The van der Waals surface area contributed by atoms with Gasteiger partial charge in [-0.2, -0.15) is 0 Å². The van der Waals surface area contributed by atoms with E-state index in [9.17, 15) is 9.59 Å². The van der Waals surface area contributed by atoms with Crippen molar-refractivity contribution >= 4 is 34.4 Å². The van der Waals surface area contributed by atoms with Crippen LogP contribution in [-0.4, -0.2) is 79.6 Å². The molecule has 0 atom stereocenters. The number of hydrogen-bond donors (Lipinski definition) is 1. The average Bonchev–Trinajstić information content (AvgIpc) is 3.32. The zero-order chi connectivity index (χ0) is 25.6. The van der Waals surface area contributed by atoms with Gasteiger partial charge in [0, 0.05) is 51.8 Å². The Bertz CT molecular complexity index is 1300. The second-order valence-corrected chi connectivity index (χ2v) is 9.68. The molecule has 1 aliphatic heterocycles. The van der Waals surface area contributed by atoms with E-state index >= 15 is 0 Å². The normalized spacial score (nSPS) is 16.8. The lowest BCUT2D eigenvalue weighted by Gasteiger charge is -2.34. The Morgan fingerprint density at radius 1 is 1.00 bits per heavy atom. The SMILES string of the molecule is COCCCNC(=O)CN1CCN(C(=O)c2c3c(nc4ccccc24)/C(=C\c2ccccc2)CC3)CC1. The molecule has 2 amide bonds. The first-order valence-corrected chi connectivity index (χ1v) is 13.1. The Morgan fingerprint density at radius 3 is 2.54 bits per heavy atom. The van der Waals surface area contributed by atoms with Crippen LogP contribution < -0.4 is 5.32 Å². The lowest BCUT2D eigenvalue weighted by atomic mass is 9.99. The molecule has 0 spiro atoms. The fourth-order valence-electron chi connectivity index (χ4n) is 5.24. The summed E-state index contributed by atoms with van der Waals surface area (Å²) in [6.07, 6.45) is 4.69. The van der Waals surface area contributed by atoms with Crippen LogP contribution in [0.5, 0.6) is 0 Å². The summed E-state index contributed by atoms with van der Waals surface area (Å²) in [7, 11) is 1.66. The number of aromatic nitrogens is 1. The number of benzene rings is 2. The monoisotopic (exact) mass is 498 g/mol. The molecule has 2 aromatic carbocycles. The third kappa shape index (κ3) is 5.73. The molecular weight excluding hydrogens is 464 g/mol. The summed E-state index contributed by atoms with van der Waals surface area (Å²) < 4.78 is 5.03. The Hall–Kier alpha value is -3.55. The molecule has 192 valence electrons. The molecule has 1 N–H and O–H groups in total. The number of pyridine rings is 1. The maximum Gasteiger partial charge on any atom is 0.254 e. The van der Waals surface area contributed by atoms with Crippen molar-refractivity contribution in [3.05, 3.63) is 77.0 Å². The van der Waals surface area contributed by atoms with E-state index in [0.29, 0.717) is 45.9 Å². The van der Waals surface area contributed by atoms with E-state index in [0.717, 1.165) is 52.5 Å². The molecule has 37 heavy (non-hydrogen) atoms. The second-order valence-electron chi connectivity index (χ2n) is 9.68. The van der Waals surface area contributed by atoms with Crippen molar-refractivity contribution in [1.29, 1.82) is 0 Å². The molecule has 5 rings (SSSR count). The van der Waals surface area contributed by atoms with Crippen molar-refractivity contribution in [1.82, 2.24) is 20.1 Å². The number of para-hydroxylation sites is 1. The van der Waals surface area contributed by atoms with Crippen LogP contribution in [0.4, 0.5) is 0 Å². The lowest BCUT2D eigenvalue weighted by Crippen LogP contribution is -2.51. The predicted octanol–water partition coefficient (Wildman–Crippen LogP) is 3.63. The number of allylic oxidation sites excluding steroid dienone is 1. The minimum absolute atomic E-state index is 0.0200. The molecule has 0 saturated carbocycles. The molecule has 1 aromatic heterocycles. The molecular formula is C30H34N4O3. The van der Waals surface area contributed by atoms with Gasteiger partial charge in [-0.1, -0.05) is 48.5 Å². The first-order valence-electron chi connectivity index (χ1n) is 13.1. The number of ether oxygens (including phenoxy) is 1. The fourth-order valence-corrected chi connectivity index (χ4v) is 5.24. The number of nitrogens with zero attached hydrogens (tertiary/aromatic N) is 3. The summed E-state index contributed by atoms with van der Waals surface area (Å²) in [5.74, 6) is 0.0889. The van der Waals surface area contributed by atoms with E-state index in [1.165, 1.54) is 5.57 Å². The second kappa shape index (κ2) is 11.7. The topological polar surface area (TPSA) is 74.8 Å². The van der Waals surface area contributed by atoms with Gasteiger partial charge in [0.05, 0.1) is 23.3 Å². The first kappa shape index (κ1) is 25.1. The van der Waals surface area contributed by atoms with Crippen molar-refractivity contribution in [3.8, 4) is 0 Å². The van der Waals surface area contributed by atoms with Gasteiger partial charge in [-0.05, 0) is 48.1 Å². The average molecular weight is 499 g/mol. The van der Waals surface area contributed by atoms with Crippen molar-refractivity contribution in [3.63, 3.8) is 0 Å². The van der Waals surface area contributed by atoms with E-state index < -0.39 is 0 Å². The molecule has 1 saturated heterocycles. The van der Waals surface area contributed by atoms with Gasteiger partial charge in [0.15, 0.2) is 0 Å². The minimum Gasteiger partial charge on any atom is -0.385 e. The number of fused-ring (bicyclic) bond motifs is 2. The molecule has 0 bridgehead atoms. The molecule has 1 fully saturated rings. The smallest absolute Gasteiger partial charge is 0.254 e. The van der Waals surface area contributed by atoms with E-state index in [-0.39, 0.29) is 11.8 Å². The van der Waals surface area contributed by atoms with Crippen LogP contribution in [0.25, 0.3) is 22.6 Å². The summed E-state index contributed by atoms with van der Waals surface area (Å²) >= 11 is 0. The van der Waals surface area contributed by atoms with Crippen LogP contribution in [0.2, 0.25) is 0 Å². The Morgan fingerprint density at radius 2 is 1.76 bits per heavy atom. The van der Waals surface area contributed by atoms with Crippen molar-refractivity contribution in [2.75, 3.05) is 53.0 Å². The standard InChI is InChI=1S/C30H34N4O3/c1-37-19-7-14-31-27(35)21-33-15-17-34(18-16-33)30(36)28-24-10-5-6-11-26(24)32-29-23(12-13-25(28)29)20-22-8-3-2-4-9-22/h2-6,8-11,20H,7,12-19,21H2,1H3,(H,31,35)/b23-20-. The summed E-state index contributed by atoms with van der Waals surface area (Å²) in [5.41, 5.74) is 5.99. The van der Waals surface area contributed by atoms with E-state index in [1.54, 1.807) is 7.11 Å². The number of carbonyl (C=O) groups is 2. The highest BCUT2D eigenvalue weighted by molar-refractivity contribution is 6.09. The van der Waals surface area contributed by atoms with Crippen LogP contribution in [-0.2, 0) is 16.0 Å². The number of methoxy groups -OCH3 is 1. The van der Waals surface area contributed by atoms with Crippen molar-refractivity contribution < 1.29 is 14.3 Å². The molecule has 7 heteroatoms. The first-order chi connectivity index (χ1) is 18.1. The van der Waals surface area contributed by atoms with E-state index in [4.69, 9.17) is 9.72 Å². The van der Waals surface area contributed by atoms with Crippen LogP contribution >= 0.6 is 0 Å². The van der Waals surface area contributed by atoms with Gasteiger partial charge >= 0.3 is 0 Å². The van der Waals surface area contributed by atoms with Crippen molar-refractivity contribution in [2.45, 2.75) is 19.3 Å². The highest BCUT2D eigenvalue weighted by atomic mass is 16.5. The van der Waals surface area contributed by atoms with Crippen LogP contribution in [0.15, 0.2) is 54.6 Å². The zero-order valence-electron chi connectivity index (χ0n) is 21.4. The zero-order valence-corrected chi connectivity index (χ0v) is 21.4. The number of rotatable bonds is 8. The lowest BCUT2D eigenvalue weighted by molar-refractivity contribution is -0.122. The Balaban J connectivity index is 1.33. The van der Waals surface area contributed by atoms with E-state index in [2.05, 4.69) is 28.4 Å². The van der Waals surface area contributed by atoms with Crippen molar-refractivity contribution in [2.24, 2.45) is 0 Å². The highest BCUT2D eigenvalue weighted by Gasteiger charge is 2.30. The quantitative estimate of drug-likeness (QED) is 0.480. The minimum atomic E-state index is 0.0200. The Labute approximate surface area is 218 Å². The molecule has 3 aromatic rings. The molecule has 2 heterocycles. The van der Waals surface area contributed by atoms with Gasteiger partial charge in [0.1, 0.15) is 0 Å². The van der Waals surface area contributed by atoms with Gasteiger partial charge in [-0.3, -0.25) is 14.5 Å². The highest BCUT2D eigenvalue weighted by Crippen LogP contribution is 2.38. The number of piperazine rings is 1. The molecule has 0 unspecified atom stereocenters. The molecule has 1 aliphatic carbocycles. The number of amides is 2. The molecule has 0 radical (unpaired) electrons. The third-order valence-corrected chi connectivity index (χ3v) is 7.17. The fraction of sp³-hybridized carbons (Fsp3) is 0.367. The maximum absolute atomic E-state index is 13.9. The van der Waals surface area contributed by atoms with Gasteiger partial charge in [0.2, 0.25) is 5.91 Å². The summed E-state index contributed by atoms with van der Waals surface area (Å²) in [6, 6.07) is 18.2. The number of hydrogen-bond acceptors (Lipinski definition) is 5. The molecule has 2 aliphatic rings. The Kier molecular flexibility index (Phi) is 7.92. The van der Waals surface area contributed by atoms with Crippen LogP contribution in [0.1, 0.15) is 40.0 Å².